The zero-order valence-electron chi connectivity index (χ0n) is 10.6. The van der Waals surface area contributed by atoms with Crippen LogP contribution in [0, 0.1) is 4.64 Å². The molecule has 0 atom stereocenters. The van der Waals surface area contributed by atoms with Gasteiger partial charge in [-0.05, 0) is 15.9 Å². The lowest BCUT2D eigenvalue weighted by molar-refractivity contribution is 0.563. The van der Waals surface area contributed by atoms with E-state index in [1.54, 1.807) is 0 Å². The first-order chi connectivity index (χ1) is 8.39. The largest absolute Gasteiger partial charge is 0.342 e. The SMILES string of the molecule is CC(C)(C)c1[nH]c(-c2ccccc2)nc(=S)c1Br. The van der Waals surface area contributed by atoms with E-state index in [2.05, 4.69) is 46.7 Å². The number of aromatic nitrogens is 2. The van der Waals surface area contributed by atoms with E-state index in [-0.39, 0.29) is 5.41 Å². The fourth-order valence-corrected chi connectivity index (χ4v) is 2.68. The molecule has 0 aliphatic heterocycles. The Balaban J connectivity index is 2.66. The van der Waals surface area contributed by atoms with Crippen molar-refractivity contribution in [3.05, 3.63) is 45.1 Å². The zero-order chi connectivity index (χ0) is 13.3. The number of nitrogens with one attached hydrogen (secondary N) is 1. The van der Waals surface area contributed by atoms with E-state index in [4.69, 9.17) is 12.2 Å². The monoisotopic (exact) mass is 322 g/mol. The van der Waals surface area contributed by atoms with Crippen molar-refractivity contribution in [3.8, 4) is 11.4 Å². The Hall–Kier alpha value is -1.00. The molecule has 0 unspecified atom stereocenters. The van der Waals surface area contributed by atoms with Crippen LogP contribution >= 0.6 is 28.1 Å². The molecule has 0 fully saturated rings. The van der Waals surface area contributed by atoms with Crippen molar-refractivity contribution < 1.29 is 0 Å². The molecule has 1 aromatic heterocycles. The quantitative estimate of drug-likeness (QED) is 0.759. The summed E-state index contributed by atoms with van der Waals surface area (Å²) >= 11 is 8.84. The molecule has 4 heteroatoms. The number of H-pyrrole nitrogens is 1. The van der Waals surface area contributed by atoms with Gasteiger partial charge in [0, 0.05) is 16.7 Å². The highest BCUT2D eigenvalue weighted by Crippen LogP contribution is 2.30. The van der Waals surface area contributed by atoms with E-state index in [0.29, 0.717) is 4.64 Å². The molecule has 0 aliphatic rings. The van der Waals surface area contributed by atoms with Crippen LogP contribution in [0.3, 0.4) is 0 Å². The Morgan fingerprint density at radius 2 is 1.78 bits per heavy atom. The van der Waals surface area contributed by atoms with Gasteiger partial charge in [-0.1, -0.05) is 63.3 Å². The zero-order valence-corrected chi connectivity index (χ0v) is 13.0. The van der Waals surface area contributed by atoms with Crippen LogP contribution in [0.1, 0.15) is 26.5 Å². The Morgan fingerprint density at radius 3 is 2.33 bits per heavy atom. The second kappa shape index (κ2) is 4.94. The summed E-state index contributed by atoms with van der Waals surface area (Å²) in [5, 5.41) is 0. The third-order valence-electron chi connectivity index (χ3n) is 2.66. The lowest BCUT2D eigenvalue weighted by Crippen LogP contribution is -2.16. The summed E-state index contributed by atoms with van der Waals surface area (Å²) in [6.07, 6.45) is 0. The first-order valence-corrected chi connectivity index (χ1v) is 6.95. The van der Waals surface area contributed by atoms with Crippen molar-refractivity contribution >= 4 is 28.1 Å². The number of hydrogen-bond acceptors (Lipinski definition) is 2. The Kier molecular flexibility index (Phi) is 3.69. The average molecular weight is 323 g/mol. The van der Waals surface area contributed by atoms with Gasteiger partial charge in [-0.25, -0.2) is 4.98 Å². The van der Waals surface area contributed by atoms with E-state index in [1.165, 1.54) is 0 Å². The van der Waals surface area contributed by atoms with Crippen LogP contribution in [-0.4, -0.2) is 9.97 Å². The molecular weight excluding hydrogens is 308 g/mol. The maximum absolute atomic E-state index is 5.32. The molecule has 0 radical (unpaired) electrons. The topological polar surface area (TPSA) is 28.7 Å². The second-order valence-corrected chi connectivity index (χ2v) is 6.38. The van der Waals surface area contributed by atoms with E-state index in [0.717, 1.165) is 21.6 Å². The molecule has 0 aliphatic carbocycles. The van der Waals surface area contributed by atoms with Crippen LogP contribution in [0.15, 0.2) is 34.8 Å². The Bertz CT molecular complexity index is 612. The fourth-order valence-electron chi connectivity index (χ4n) is 1.71. The highest BCUT2D eigenvalue weighted by Gasteiger charge is 2.20. The van der Waals surface area contributed by atoms with E-state index in [1.807, 2.05) is 30.3 Å². The van der Waals surface area contributed by atoms with Crippen LogP contribution in [0.4, 0.5) is 0 Å². The fraction of sp³-hybridized carbons (Fsp3) is 0.286. The van der Waals surface area contributed by atoms with Crippen molar-refractivity contribution in [2.45, 2.75) is 26.2 Å². The van der Waals surface area contributed by atoms with Crippen LogP contribution in [0.5, 0.6) is 0 Å². The Labute approximate surface area is 121 Å². The number of halogens is 1. The standard InChI is InChI=1S/C14H15BrN2S/c1-14(2,3)11-10(15)13(18)17-12(16-11)9-7-5-4-6-8-9/h4-8H,1-3H3,(H,16,17,18). The molecule has 1 N–H and O–H groups in total. The molecule has 0 spiro atoms. The molecule has 0 saturated heterocycles. The predicted octanol–water partition coefficient (Wildman–Crippen LogP) is 4.87. The highest BCUT2D eigenvalue weighted by molar-refractivity contribution is 9.10. The summed E-state index contributed by atoms with van der Waals surface area (Å²) in [4.78, 5) is 7.81. The molecule has 18 heavy (non-hydrogen) atoms. The number of rotatable bonds is 1. The number of aromatic amines is 1. The van der Waals surface area contributed by atoms with Gasteiger partial charge in [0.15, 0.2) is 0 Å². The van der Waals surface area contributed by atoms with Crippen LogP contribution < -0.4 is 0 Å². The first-order valence-electron chi connectivity index (χ1n) is 5.75. The van der Waals surface area contributed by atoms with Crippen LogP contribution in [0.25, 0.3) is 11.4 Å². The first kappa shape index (κ1) is 13.4. The molecule has 1 aromatic carbocycles. The lowest BCUT2D eigenvalue weighted by Gasteiger charge is -2.21. The average Bonchev–Trinajstić information content (AvgIpc) is 2.32. The number of benzene rings is 1. The summed E-state index contributed by atoms with van der Waals surface area (Å²) in [5.74, 6) is 0.814. The van der Waals surface area contributed by atoms with Gasteiger partial charge in [0.25, 0.3) is 0 Å². The van der Waals surface area contributed by atoms with Gasteiger partial charge in [0.1, 0.15) is 10.5 Å². The van der Waals surface area contributed by atoms with Gasteiger partial charge in [0.2, 0.25) is 0 Å². The van der Waals surface area contributed by atoms with E-state index >= 15 is 0 Å². The molecule has 2 nitrogen and oxygen atoms in total. The summed E-state index contributed by atoms with van der Waals surface area (Å²) < 4.78 is 1.47. The predicted molar refractivity (Wildman–Crippen MR) is 81.3 cm³/mol. The molecule has 1 heterocycles. The van der Waals surface area contributed by atoms with Crippen molar-refractivity contribution in [1.82, 2.24) is 9.97 Å². The Morgan fingerprint density at radius 1 is 1.17 bits per heavy atom. The van der Waals surface area contributed by atoms with Crippen LogP contribution in [0.2, 0.25) is 0 Å². The third kappa shape index (κ3) is 2.70. The van der Waals surface area contributed by atoms with E-state index < -0.39 is 0 Å². The van der Waals surface area contributed by atoms with Gasteiger partial charge in [-0.3, -0.25) is 0 Å². The number of hydrogen-bond donors (Lipinski definition) is 1. The summed E-state index contributed by atoms with van der Waals surface area (Å²) in [6, 6.07) is 10.0. The second-order valence-electron chi connectivity index (χ2n) is 5.20. The molecule has 2 rings (SSSR count). The maximum atomic E-state index is 5.32. The molecular formula is C14H15BrN2S. The minimum Gasteiger partial charge on any atom is -0.342 e. The summed E-state index contributed by atoms with van der Waals surface area (Å²) in [5.41, 5.74) is 2.10. The van der Waals surface area contributed by atoms with Gasteiger partial charge in [0.05, 0.1) is 4.47 Å². The molecule has 0 saturated carbocycles. The normalized spacial score (nSPS) is 11.6. The molecule has 94 valence electrons. The lowest BCUT2D eigenvalue weighted by atomic mass is 9.92. The molecule has 0 bridgehead atoms. The highest BCUT2D eigenvalue weighted by atomic mass is 79.9. The summed E-state index contributed by atoms with van der Waals surface area (Å²) in [7, 11) is 0. The van der Waals surface area contributed by atoms with Gasteiger partial charge in [-0.15, -0.1) is 0 Å². The van der Waals surface area contributed by atoms with Crippen LogP contribution in [-0.2, 0) is 5.41 Å². The summed E-state index contributed by atoms with van der Waals surface area (Å²) in [6.45, 7) is 6.44. The van der Waals surface area contributed by atoms with Crippen molar-refractivity contribution in [3.63, 3.8) is 0 Å². The van der Waals surface area contributed by atoms with E-state index in [9.17, 15) is 0 Å². The molecule has 0 amide bonds. The smallest absolute Gasteiger partial charge is 0.144 e. The number of nitrogens with zero attached hydrogens (tertiary/aromatic N) is 1. The minimum absolute atomic E-state index is 0.0150. The maximum Gasteiger partial charge on any atom is 0.144 e. The molecule has 2 aromatic rings. The minimum atomic E-state index is -0.0150. The van der Waals surface area contributed by atoms with Crippen molar-refractivity contribution in [2.75, 3.05) is 0 Å². The third-order valence-corrected chi connectivity index (χ3v) is 3.99. The van der Waals surface area contributed by atoms with Crippen molar-refractivity contribution in [2.24, 2.45) is 0 Å². The van der Waals surface area contributed by atoms with Gasteiger partial charge in [-0.2, -0.15) is 0 Å². The van der Waals surface area contributed by atoms with Crippen molar-refractivity contribution in [1.29, 1.82) is 0 Å². The van der Waals surface area contributed by atoms with Gasteiger partial charge >= 0.3 is 0 Å². The van der Waals surface area contributed by atoms with Gasteiger partial charge < -0.3 is 4.98 Å².